The summed E-state index contributed by atoms with van der Waals surface area (Å²) in [7, 11) is 0. The van der Waals surface area contributed by atoms with Gasteiger partial charge in [-0.1, -0.05) is 18.2 Å². The maximum Gasteiger partial charge on any atom is 0.273 e. The summed E-state index contributed by atoms with van der Waals surface area (Å²) in [6.07, 6.45) is 3.37. The molecule has 1 aliphatic carbocycles. The van der Waals surface area contributed by atoms with E-state index in [0.717, 1.165) is 36.1 Å². The number of aromatic nitrogens is 1. The Morgan fingerprint density at radius 3 is 2.40 bits per heavy atom. The van der Waals surface area contributed by atoms with Crippen molar-refractivity contribution in [3.05, 3.63) is 82.8 Å². The Labute approximate surface area is 201 Å². The van der Waals surface area contributed by atoms with Gasteiger partial charge in [0.1, 0.15) is 28.9 Å². The Balaban J connectivity index is 1.39. The van der Waals surface area contributed by atoms with Crippen molar-refractivity contribution < 1.29 is 27.5 Å². The van der Waals surface area contributed by atoms with E-state index in [1.807, 2.05) is 13.0 Å². The second-order valence-electron chi connectivity index (χ2n) is 8.94. The average molecular weight is 483 g/mol. The molecule has 0 unspecified atom stereocenters. The number of anilines is 1. The van der Waals surface area contributed by atoms with Crippen molar-refractivity contribution in [2.24, 2.45) is 5.92 Å². The molecule has 0 saturated heterocycles. The SMILES string of the molecule is Cc1cc(CC(=O)Cc2ccc(F)c(C(C)(F)F)c2)ccc1Oc1ccnc(NC(=O)C2CC2)c1. The highest BCUT2D eigenvalue weighted by Gasteiger charge is 2.30. The van der Waals surface area contributed by atoms with Gasteiger partial charge in [0.15, 0.2) is 0 Å². The molecule has 4 rings (SSSR count). The summed E-state index contributed by atoms with van der Waals surface area (Å²) in [4.78, 5) is 28.6. The van der Waals surface area contributed by atoms with Crippen LogP contribution in [0.4, 0.5) is 19.0 Å². The van der Waals surface area contributed by atoms with Crippen molar-refractivity contribution in [3.63, 3.8) is 0 Å². The Bertz CT molecular complexity index is 1270. The molecule has 8 heteroatoms. The average Bonchev–Trinajstić information content (AvgIpc) is 3.62. The molecule has 0 bridgehead atoms. The first-order valence-corrected chi connectivity index (χ1v) is 11.3. The van der Waals surface area contributed by atoms with E-state index in [9.17, 15) is 22.8 Å². The van der Waals surface area contributed by atoms with Gasteiger partial charge in [-0.25, -0.2) is 18.2 Å². The Kier molecular flexibility index (Phi) is 6.91. The fraction of sp³-hybridized carbons (Fsp3) is 0.296. The van der Waals surface area contributed by atoms with Crippen LogP contribution in [0.1, 0.15) is 42.0 Å². The van der Waals surface area contributed by atoms with E-state index < -0.39 is 17.3 Å². The second-order valence-corrected chi connectivity index (χ2v) is 8.94. The molecule has 0 atom stereocenters. The molecule has 1 aliphatic rings. The van der Waals surface area contributed by atoms with Crippen molar-refractivity contribution in [2.75, 3.05) is 5.32 Å². The lowest BCUT2D eigenvalue weighted by Gasteiger charge is -2.13. The number of benzene rings is 2. The highest BCUT2D eigenvalue weighted by atomic mass is 19.3. The smallest absolute Gasteiger partial charge is 0.273 e. The zero-order valence-electron chi connectivity index (χ0n) is 19.4. The molecule has 5 nitrogen and oxygen atoms in total. The zero-order chi connectivity index (χ0) is 25.2. The normalized spacial score (nSPS) is 13.4. The third kappa shape index (κ3) is 6.47. The minimum Gasteiger partial charge on any atom is -0.457 e. The number of hydrogen-bond acceptors (Lipinski definition) is 4. The van der Waals surface area contributed by atoms with Crippen molar-refractivity contribution in [1.82, 2.24) is 4.98 Å². The van der Waals surface area contributed by atoms with Gasteiger partial charge >= 0.3 is 0 Å². The van der Waals surface area contributed by atoms with Gasteiger partial charge in [0.25, 0.3) is 5.92 Å². The number of nitrogens with one attached hydrogen (secondary N) is 1. The number of rotatable bonds is 9. The molecule has 0 spiro atoms. The predicted molar refractivity (Wildman–Crippen MR) is 125 cm³/mol. The summed E-state index contributed by atoms with van der Waals surface area (Å²) in [5.41, 5.74) is 1.17. The van der Waals surface area contributed by atoms with E-state index in [-0.39, 0.29) is 30.4 Å². The van der Waals surface area contributed by atoms with Crippen LogP contribution in [-0.4, -0.2) is 16.7 Å². The van der Waals surface area contributed by atoms with Crippen LogP contribution in [0, 0.1) is 18.7 Å². The molecular formula is C27H25F3N2O3. The lowest BCUT2D eigenvalue weighted by Crippen LogP contribution is -2.14. The second kappa shape index (κ2) is 9.90. The Hall–Kier alpha value is -3.68. The molecule has 1 heterocycles. The molecule has 1 amide bonds. The van der Waals surface area contributed by atoms with Crippen LogP contribution in [-0.2, 0) is 28.4 Å². The summed E-state index contributed by atoms with van der Waals surface area (Å²) in [5.74, 6) is -2.96. The zero-order valence-corrected chi connectivity index (χ0v) is 19.4. The summed E-state index contributed by atoms with van der Waals surface area (Å²) >= 11 is 0. The maximum atomic E-state index is 13.7. The van der Waals surface area contributed by atoms with Crippen molar-refractivity contribution in [1.29, 1.82) is 0 Å². The van der Waals surface area contributed by atoms with Gasteiger partial charge in [0.2, 0.25) is 5.91 Å². The monoisotopic (exact) mass is 482 g/mol. The third-order valence-electron chi connectivity index (χ3n) is 5.70. The van der Waals surface area contributed by atoms with Gasteiger partial charge in [-0.2, -0.15) is 0 Å². The van der Waals surface area contributed by atoms with Gasteiger partial charge in [0, 0.05) is 37.9 Å². The molecule has 35 heavy (non-hydrogen) atoms. The summed E-state index contributed by atoms with van der Waals surface area (Å²) in [5, 5.41) is 2.78. The van der Waals surface area contributed by atoms with Gasteiger partial charge in [0.05, 0.1) is 5.56 Å². The fourth-order valence-corrected chi connectivity index (χ4v) is 3.72. The van der Waals surface area contributed by atoms with Crippen molar-refractivity contribution in [2.45, 2.75) is 45.5 Å². The molecule has 3 aromatic rings. The summed E-state index contributed by atoms with van der Waals surface area (Å²) < 4.78 is 46.8. The predicted octanol–water partition coefficient (Wildman–Crippen LogP) is 6.14. The maximum absolute atomic E-state index is 13.7. The highest BCUT2D eigenvalue weighted by molar-refractivity contribution is 5.93. The number of ketones is 1. The number of Topliss-reactive ketones (excluding diaryl/α,β-unsaturated/α-hetero) is 1. The minimum absolute atomic E-state index is 0.0416. The number of pyridine rings is 1. The summed E-state index contributed by atoms with van der Waals surface area (Å²) in [6.45, 7) is 2.47. The van der Waals surface area contributed by atoms with Crippen LogP contribution in [0.2, 0.25) is 0 Å². The molecular weight excluding hydrogens is 457 g/mol. The van der Waals surface area contributed by atoms with Gasteiger partial charge < -0.3 is 10.1 Å². The van der Waals surface area contributed by atoms with Gasteiger partial charge in [-0.3, -0.25) is 9.59 Å². The molecule has 1 saturated carbocycles. The van der Waals surface area contributed by atoms with Crippen LogP contribution >= 0.6 is 0 Å². The Morgan fingerprint density at radius 1 is 1.06 bits per heavy atom. The third-order valence-corrected chi connectivity index (χ3v) is 5.70. The molecule has 2 aromatic carbocycles. The topological polar surface area (TPSA) is 68.3 Å². The number of alkyl halides is 2. The molecule has 1 fully saturated rings. The van der Waals surface area contributed by atoms with Crippen LogP contribution in [0.3, 0.4) is 0 Å². The van der Waals surface area contributed by atoms with E-state index in [2.05, 4.69) is 10.3 Å². The van der Waals surface area contributed by atoms with Crippen LogP contribution in [0.15, 0.2) is 54.7 Å². The van der Waals surface area contributed by atoms with E-state index in [1.54, 1.807) is 30.5 Å². The number of ether oxygens (including phenoxy) is 1. The van der Waals surface area contributed by atoms with E-state index in [1.165, 1.54) is 6.07 Å². The largest absolute Gasteiger partial charge is 0.457 e. The van der Waals surface area contributed by atoms with E-state index >= 15 is 0 Å². The van der Waals surface area contributed by atoms with Gasteiger partial charge in [-0.05, 0) is 60.7 Å². The molecule has 0 aliphatic heterocycles. The van der Waals surface area contributed by atoms with Crippen LogP contribution < -0.4 is 10.1 Å². The number of amides is 1. The van der Waals surface area contributed by atoms with Crippen molar-refractivity contribution >= 4 is 17.5 Å². The lowest BCUT2D eigenvalue weighted by molar-refractivity contribution is -0.118. The number of carbonyl (C=O) groups excluding carboxylic acids is 2. The first-order valence-electron chi connectivity index (χ1n) is 11.3. The number of aryl methyl sites for hydroxylation is 1. The van der Waals surface area contributed by atoms with E-state index in [4.69, 9.17) is 4.74 Å². The standard InChI is InChI=1S/C27H25F3N2O3/c1-16-11-17(12-20(33)13-18-3-7-23(28)22(14-18)27(2,29)30)4-8-24(16)35-21-9-10-31-25(15-21)32-26(34)19-5-6-19/h3-4,7-11,14-15,19H,5-6,12-13H2,1-2H3,(H,31,32,34). The fourth-order valence-electron chi connectivity index (χ4n) is 3.72. The number of nitrogens with zero attached hydrogens (tertiary/aromatic N) is 1. The lowest BCUT2D eigenvalue weighted by atomic mass is 9.98. The molecule has 182 valence electrons. The number of halogens is 3. The first kappa shape index (κ1) is 24.4. The number of carbonyl (C=O) groups is 2. The quantitative estimate of drug-likeness (QED) is 0.398. The first-order chi connectivity index (χ1) is 16.6. The molecule has 1 aromatic heterocycles. The van der Waals surface area contributed by atoms with Crippen LogP contribution in [0.25, 0.3) is 0 Å². The number of hydrogen-bond donors (Lipinski definition) is 1. The Morgan fingerprint density at radius 2 is 1.74 bits per heavy atom. The molecule has 1 N–H and O–H groups in total. The van der Waals surface area contributed by atoms with Crippen LogP contribution in [0.5, 0.6) is 11.5 Å². The van der Waals surface area contributed by atoms with E-state index in [0.29, 0.717) is 29.8 Å². The summed E-state index contributed by atoms with van der Waals surface area (Å²) in [6, 6.07) is 12.0. The molecule has 0 radical (unpaired) electrons. The highest BCUT2D eigenvalue weighted by Crippen LogP contribution is 2.32. The van der Waals surface area contributed by atoms with Gasteiger partial charge in [-0.15, -0.1) is 0 Å². The van der Waals surface area contributed by atoms with Crippen molar-refractivity contribution in [3.8, 4) is 11.5 Å². The minimum atomic E-state index is -3.32.